The van der Waals surface area contributed by atoms with Crippen molar-refractivity contribution in [2.75, 3.05) is 11.6 Å². The Hall–Kier alpha value is -0.770. The van der Waals surface area contributed by atoms with Crippen molar-refractivity contribution in [2.24, 2.45) is 0 Å². The van der Waals surface area contributed by atoms with Crippen LogP contribution in [0, 0.1) is 6.92 Å². The summed E-state index contributed by atoms with van der Waals surface area (Å²) < 4.78 is 0. The van der Waals surface area contributed by atoms with Crippen molar-refractivity contribution in [3.63, 3.8) is 0 Å². The van der Waals surface area contributed by atoms with Gasteiger partial charge in [-0.05, 0) is 38.9 Å². The summed E-state index contributed by atoms with van der Waals surface area (Å²) in [7, 11) is 0. The molecule has 1 saturated carbocycles. The van der Waals surface area contributed by atoms with Crippen LogP contribution in [0.3, 0.4) is 0 Å². The van der Waals surface area contributed by atoms with E-state index < -0.39 is 0 Å². The third-order valence-electron chi connectivity index (χ3n) is 3.16. The Morgan fingerprint density at radius 2 is 2.00 bits per heavy atom. The molecule has 1 N–H and O–H groups in total. The van der Waals surface area contributed by atoms with Crippen LogP contribution >= 0.6 is 11.8 Å². The lowest BCUT2D eigenvalue weighted by atomic mass is 9.95. The summed E-state index contributed by atoms with van der Waals surface area (Å²) >= 11 is 2.00. The summed E-state index contributed by atoms with van der Waals surface area (Å²) in [5.41, 5.74) is 1.02. The number of nitrogens with one attached hydrogen (secondary N) is 1. The highest BCUT2D eigenvalue weighted by Gasteiger charge is 2.20. The number of hydrogen-bond acceptors (Lipinski definition) is 4. The van der Waals surface area contributed by atoms with Gasteiger partial charge in [-0.2, -0.15) is 11.8 Å². The van der Waals surface area contributed by atoms with E-state index in [1.54, 1.807) is 6.33 Å². The van der Waals surface area contributed by atoms with Crippen LogP contribution in [0.4, 0.5) is 5.82 Å². The molecule has 0 bridgehead atoms. The molecule has 0 aliphatic heterocycles. The summed E-state index contributed by atoms with van der Waals surface area (Å²) in [5, 5.41) is 4.37. The van der Waals surface area contributed by atoms with Crippen LogP contribution in [0.1, 0.15) is 31.4 Å². The van der Waals surface area contributed by atoms with Gasteiger partial charge in [0.25, 0.3) is 0 Å². The van der Waals surface area contributed by atoms with Gasteiger partial charge in [0.1, 0.15) is 12.1 Å². The predicted octanol–water partition coefficient (Wildman–Crippen LogP) is 2.87. The molecule has 2 rings (SSSR count). The van der Waals surface area contributed by atoms with Gasteiger partial charge in [0.05, 0.1) is 0 Å². The first-order chi connectivity index (χ1) is 7.78. The fraction of sp³-hybridized carbons (Fsp3) is 0.667. The number of thioether (sulfide) groups is 1. The van der Waals surface area contributed by atoms with E-state index in [-0.39, 0.29) is 0 Å². The van der Waals surface area contributed by atoms with E-state index in [0.717, 1.165) is 16.8 Å². The van der Waals surface area contributed by atoms with E-state index in [2.05, 4.69) is 21.5 Å². The number of anilines is 1. The maximum atomic E-state index is 4.25. The lowest BCUT2D eigenvalue weighted by Gasteiger charge is -2.28. The number of rotatable bonds is 3. The molecular formula is C12H19N3S. The summed E-state index contributed by atoms with van der Waals surface area (Å²) in [6, 6.07) is 2.61. The maximum absolute atomic E-state index is 4.25. The predicted molar refractivity (Wildman–Crippen MR) is 70.0 cm³/mol. The molecule has 0 radical (unpaired) electrons. The molecule has 3 nitrogen and oxygen atoms in total. The standard InChI is InChI=1S/C12H19N3S/c1-9-7-12(14-8-13-9)15-10-3-5-11(16-2)6-4-10/h7-8,10-11H,3-6H2,1-2H3,(H,13,14,15). The lowest BCUT2D eigenvalue weighted by Crippen LogP contribution is -2.27. The Balaban J connectivity index is 1.87. The maximum Gasteiger partial charge on any atom is 0.129 e. The van der Waals surface area contributed by atoms with E-state index in [0.29, 0.717) is 6.04 Å². The van der Waals surface area contributed by atoms with E-state index in [9.17, 15) is 0 Å². The van der Waals surface area contributed by atoms with E-state index in [1.807, 2.05) is 24.8 Å². The monoisotopic (exact) mass is 237 g/mol. The van der Waals surface area contributed by atoms with Crippen molar-refractivity contribution < 1.29 is 0 Å². The second kappa shape index (κ2) is 5.53. The first-order valence-corrected chi connectivity index (χ1v) is 7.14. The Morgan fingerprint density at radius 3 is 2.62 bits per heavy atom. The van der Waals surface area contributed by atoms with Crippen LogP contribution in [-0.4, -0.2) is 27.5 Å². The molecule has 1 aromatic heterocycles. The van der Waals surface area contributed by atoms with Crippen molar-refractivity contribution in [1.29, 1.82) is 0 Å². The zero-order valence-electron chi connectivity index (χ0n) is 9.94. The summed E-state index contributed by atoms with van der Waals surface area (Å²) in [6.45, 7) is 2.00. The topological polar surface area (TPSA) is 37.8 Å². The third-order valence-corrected chi connectivity index (χ3v) is 4.30. The van der Waals surface area contributed by atoms with Crippen molar-refractivity contribution in [3.8, 4) is 0 Å². The van der Waals surface area contributed by atoms with E-state index in [4.69, 9.17) is 0 Å². The van der Waals surface area contributed by atoms with Crippen LogP contribution in [0.2, 0.25) is 0 Å². The normalized spacial score (nSPS) is 25.4. The molecule has 0 unspecified atom stereocenters. The SMILES string of the molecule is CSC1CCC(Nc2cc(C)ncn2)CC1. The van der Waals surface area contributed by atoms with Gasteiger partial charge in [-0.3, -0.25) is 0 Å². The molecule has 1 aliphatic rings. The van der Waals surface area contributed by atoms with Crippen LogP contribution in [-0.2, 0) is 0 Å². The number of hydrogen-bond donors (Lipinski definition) is 1. The van der Waals surface area contributed by atoms with Crippen LogP contribution in [0.5, 0.6) is 0 Å². The van der Waals surface area contributed by atoms with Gasteiger partial charge in [0.2, 0.25) is 0 Å². The molecule has 0 saturated heterocycles. The average molecular weight is 237 g/mol. The Morgan fingerprint density at radius 1 is 1.25 bits per heavy atom. The number of nitrogens with zero attached hydrogens (tertiary/aromatic N) is 2. The molecular weight excluding hydrogens is 218 g/mol. The van der Waals surface area contributed by atoms with E-state index >= 15 is 0 Å². The quantitative estimate of drug-likeness (QED) is 0.877. The van der Waals surface area contributed by atoms with Gasteiger partial charge in [-0.1, -0.05) is 0 Å². The van der Waals surface area contributed by atoms with Crippen LogP contribution < -0.4 is 5.32 Å². The smallest absolute Gasteiger partial charge is 0.129 e. The number of aryl methyl sites for hydroxylation is 1. The zero-order valence-corrected chi connectivity index (χ0v) is 10.8. The van der Waals surface area contributed by atoms with Crippen molar-refractivity contribution in [3.05, 3.63) is 18.1 Å². The fourth-order valence-corrected chi connectivity index (χ4v) is 2.93. The van der Waals surface area contributed by atoms with Gasteiger partial charge in [0.15, 0.2) is 0 Å². The minimum atomic E-state index is 0.595. The van der Waals surface area contributed by atoms with Gasteiger partial charge in [-0.15, -0.1) is 0 Å². The molecule has 4 heteroatoms. The Kier molecular flexibility index (Phi) is 4.04. The second-order valence-electron chi connectivity index (χ2n) is 4.40. The Bertz CT molecular complexity index is 335. The van der Waals surface area contributed by atoms with Gasteiger partial charge in [0, 0.05) is 23.1 Å². The van der Waals surface area contributed by atoms with Crippen molar-refractivity contribution in [2.45, 2.75) is 43.9 Å². The zero-order chi connectivity index (χ0) is 11.4. The molecule has 16 heavy (non-hydrogen) atoms. The first-order valence-electron chi connectivity index (χ1n) is 5.86. The van der Waals surface area contributed by atoms with Crippen molar-refractivity contribution >= 4 is 17.6 Å². The van der Waals surface area contributed by atoms with E-state index in [1.165, 1.54) is 25.7 Å². The molecule has 0 amide bonds. The summed E-state index contributed by atoms with van der Waals surface area (Å²) in [5.74, 6) is 0.972. The van der Waals surface area contributed by atoms with Gasteiger partial charge in [-0.25, -0.2) is 9.97 Å². The molecule has 0 aromatic carbocycles. The molecule has 1 aliphatic carbocycles. The van der Waals surface area contributed by atoms with Crippen molar-refractivity contribution in [1.82, 2.24) is 9.97 Å². The van der Waals surface area contributed by atoms with Crippen LogP contribution in [0.25, 0.3) is 0 Å². The second-order valence-corrected chi connectivity index (χ2v) is 5.54. The lowest BCUT2D eigenvalue weighted by molar-refractivity contribution is 0.472. The third kappa shape index (κ3) is 3.11. The minimum Gasteiger partial charge on any atom is -0.367 e. The molecule has 1 aromatic rings. The first kappa shape index (κ1) is 11.7. The van der Waals surface area contributed by atoms with Crippen LogP contribution in [0.15, 0.2) is 12.4 Å². The Labute approximate surface area is 101 Å². The highest BCUT2D eigenvalue weighted by Crippen LogP contribution is 2.28. The fourth-order valence-electron chi connectivity index (χ4n) is 2.19. The highest BCUT2D eigenvalue weighted by molar-refractivity contribution is 7.99. The minimum absolute atomic E-state index is 0.595. The summed E-state index contributed by atoms with van der Waals surface area (Å²) in [4.78, 5) is 8.35. The molecule has 0 spiro atoms. The largest absolute Gasteiger partial charge is 0.367 e. The van der Waals surface area contributed by atoms with Gasteiger partial charge < -0.3 is 5.32 Å². The molecule has 1 fully saturated rings. The highest BCUT2D eigenvalue weighted by atomic mass is 32.2. The summed E-state index contributed by atoms with van der Waals surface area (Å²) in [6.07, 6.45) is 9.01. The molecule has 88 valence electrons. The molecule has 0 atom stereocenters. The average Bonchev–Trinajstić information content (AvgIpc) is 2.30. The van der Waals surface area contributed by atoms with Gasteiger partial charge >= 0.3 is 0 Å². The molecule has 1 heterocycles. The number of aromatic nitrogens is 2.